The van der Waals surface area contributed by atoms with Crippen molar-refractivity contribution >= 4 is 5.82 Å². The van der Waals surface area contributed by atoms with Crippen LogP contribution in [-0.4, -0.2) is 18.1 Å². The fraction of sp³-hybridized carbons (Fsp3) is 0.400. The first-order chi connectivity index (χ1) is 9.36. The van der Waals surface area contributed by atoms with Gasteiger partial charge in [0.1, 0.15) is 11.6 Å². The van der Waals surface area contributed by atoms with E-state index in [9.17, 15) is 0 Å². The number of nitrogens with one attached hydrogen (secondary N) is 1. The van der Waals surface area contributed by atoms with Gasteiger partial charge in [-0.15, -0.1) is 0 Å². The summed E-state index contributed by atoms with van der Waals surface area (Å²) in [5, 5.41) is 3.14. The Kier molecular flexibility index (Phi) is 3.51. The van der Waals surface area contributed by atoms with Crippen molar-refractivity contribution in [3.63, 3.8) is 0 Å². The second-order valence-electron chi connectivity index (χ2n) is 4.96. The Hall–Kier alpha value is -1.81. The van der Waals surface area contributed by atoms with Gasteiger partial charge in [-0.25, -0.2) is 4.98 Å². The molecule has 3 rings (SSSR count). The topological polar surface area (TPSA) is 41.3 Å². The average molecular weight is 257 g/mol. The average Bonchev–Trinajstić information content (AvgIpc) is 3.14. The van der Waals surface area contributed by atoms with E-state index in [2.05, 4.69) is 28.4 Å². The van der Waals surface area contributed by atoms with Gasteiger partial charge in [0.25, 0.3) is 0 Å². The number of rotatable bonds is 6. The molecule has 0 radical (unpaired) electrons. The van der Waals surface area contributed by atoms with Gasteiger partial charge in [0, 0.05) is 12.6 Å². The summed E-state index contributed by atoms with van der Waals surface area (Å²) < 4.78 is 5.46. The molecule has 0 saturated heterocycles. The molecule has 1 aliphatic rings. The minimum Gasteiger partial charge on any atom is -0.467 e. The van der Waals surface area contributed by atoms with Crippen LogP contribution in [0.2, 0.25) is 0 Å². The van der Waals surface area contributed by atoms with Crippen LogP contribution in [0.3, 0.4) is 0 Å². The summed E-state index contributed by atoms with van der Waals surface area (Å²) in [6, 6.07) is 10.8. The summed E-state index contributed by atoms with van der Waals surface area (Å²) in [6.45, 7) is 1.60. The van der Waals surface area contributed by atoms with Gasteiger partial charge >= 0.3 is 0 Å². The fourth-order valence-corrected chi connectivity index (χ4v) is 2.26. The first kappa shape index (κ1) is 12.2. The monoisotopic (exact) mass is 257 g/mol. The minimum atomic E-state index is 0.613. The van der Waals surface area contributed by atoms with Crippen molar-refractivity contribution < 1.29 is 4.42 Å². The zero-order chi connectivity index (χ0) is 13.1. The number of furan rings is 1. The van der Waals surface area contributed by atoms with Crippen molar-refractivity contribution in [1.29, 1.82) is 0 Å². The third-order valence-electron chi connectivity index (χ3n) is 3.34. The highest BCUT2D eigenvalue weighted by molar-refractivity contribution is 5.42. The van der Waals surface area contributed by atoms with Gasteiger partial charge in [0.2, 0.25) is 0 Å². The van der Waals surface area contributed by atoms with E-state index in [0.717, 1.165) is 30.4 Å². The Bertz CT molecular complexity index is 520. The van der Waals surface area contributed by atoms with Gasteiger partial charge in [0.05, 0.1) is 18.5 Å². The molecule has 100 valence electrons. The zero-order valence-electron chi connectivity index (χ0n) is 11.2. The van der Waals surface area contributed by atoms with E-state index in [1.54, 1.807) is 6.26 Å². The Balaban J connectivity index is 1.81. The summed E-state index contributed by atoms with van der Waals surface area (Å²) >= 11 is 0. The fourth-order valence-electron chi connectivity index (χ4n) is 2.26. The van der Waals surface area contributed by atoms with Crippen molar-refractivity contribution in [1.82, 2.24) is 10.3 Å². The number of aromatic nitrogens is 1. The lowest BCUT2D eigenvalue weighted by Gasteiger charge is -2.22. The van der Waals surface area contributed by atoms with E-state index in [1.165, 1.54) is 12.8 Å². The highest BCUT2D eigenvalue weighted by Gasteiger charge is 2.30. The van der Waals surface area contributed by atoms with Crippen LogP contribution in [0.15, 0.2) is 41.0 Å². The smallest absolute Gasteiger partial charge is 0.129 e. The number of hydrogen-bond acceptors (Lipinski definition) is 4. The van der Waals surface area contributed by atoms with Crippen molar-refractivity contribution in [2.75, 3.05) is 11.9 Å². The minimum absolute atomic E-state index is 0.613. The summed E-state index contributed by atoms with van der Waals surface area (Å²) in [7, 11) is 1.94. The first-order valence-corrected chi connectivity index (χ1v) is 6.76. The highest BCUT2D eigenvalue weighted by Crippen LogP contribution is 2.32. The number of anilines is 1. The molecule has 2 aromatic heterocycles. The van der Waals surface area contributed by atoms with Gasteiger partial charge < -0.3 is 14.6 Å². The second kappa shape index (κ2) is 5.45. The Morgan fingerprint density at radius 1 is 1.32 bits per heavy atom. The van der Waals surface area contributed by atoms with Crippen molar-refractivity contribution in [2.24, 2.45) is 0 Å². The molecular formula is C15H19N3O. The molecule has 0 unspecified atom stereocenters. The molecule has 2 aromatic rings. The maximum absolute atomic E-state index is 5.46. The maximum Gasteiger partial charge on any atom is 0.129 e. The number of pyridine rings is 1. The molecule has 0 atom stereocenters. The predicted octanol–water partition coefficient (Wildman–Crippen LogP) is 2.56. The van der Waals surface area contributed by atoms with Crippen LogP contribution in [0.5, 0.6) is 0 Å². The third kappa shape index (κ3) is 2.96. The summed E-state index contributed by atoms with van der Waals surface area (Å²) in [5.74, 6) is 2.04. The van der Waals surface area contributed by atoms with Crippen molar-refractivity contribution in [2.45, 2.75) is 32.0 Å². The van der Waals surface area contributed by atoms with Crippen LogP contribution in [0.4, 0.5) is 5.82 Å². The van der Waals surface area contributed by atoms with Gasteiger partial charge in [-0.1, -0.05) is 6.07 Å². The largest absolute Gasteiger partial charge is 0.467 e. The molecule has 1 fully saturated rings. The Morgan fingerprint density at radius 3 is 2.89 bits per heavy atom. The molecule has 0 amide bonds. The lowest BCUT2D eigenvalue weighted by molar-refractivity contribution is 0.500. The molecule has 0 bridgehead atoms. The first-order valence-electron chi connectivity index (χ1n) is 6.76. The van der Waals surface area contributed by atoms with Crippen LogP contribution < -0.4 is 10.2 Å². The summed E-state index contributed by atoms with van der Waals surface area (Å²) in [6.07, 6.45) is 4.22. The van der Waals surface area contributed by atoms with E-state index in [0.29, 0.717) is 6.04 Å². The van der Waals surface area contributed by atoms with Crippen LogP contribution in [-0.2, 0) is 13.1 Å². The molecule has 1 N–H and O–H groups in total. The molecule has 4 nitrogen and oxygen atoms in total. The predicted molar refractivity (Wildman–Crippen MR) is 74.9 cm³/mol. The SMILES string of the molecule is CNCc1cccc(N(Cc2ccco2)C2CC2)n1. The maximum atomic E-state index is 5.46. The van der Waals surface area contributed by atoms with Crippen molar-refractivity contribution in [3.8, 4) is 0 Å². The zero-order valence-corrected chi connectivity index (χ0v) is 11.2. The lowest BCUT2D eigenvalue weighted by Crippen LogP contribution is -2.26. The molecule has 0 spiro atoms. The van der Waals surface area contributed by atoms with Crippen LogP contribution in [0, 0.1) is 0 Å². The van der Waals surface area contributed by atoms with E-state index in [-0.39, 0.29) is 0 Å². The van der Waals surface area contributed by atoms with Crippen LogP contribution >= 0.6 is 0 Å². The number of nitrogens with zero attached hydrogens (tertiary/aromatic N) is 2. The van der Waals surface area contributed by atoms with Gasteiger partial charge in [0.15, 0.2) is 0 Å². The quantitative estimate of drug-likeness (QED) is 0.863. The molecule has 0 aliphatic heterocycles. The molecule has 1 aliphatic carbocycles. The third-order valence-corrected chi connectivity index (χ3v) is 3.34. The van der Waals surface area contributed by atoms with E-state index < -0.39 is 0 Å². The number of hydrogen-bond donors (Lipinski definition) is 1. The van der Waals surface area contributed by atoms with E-state index in [1.807, 2.05) is 19.2 Å². The van der Waals surface area contributed by atoms with Gasteiger partial charge in [-0.3, -0.25) is 0 Å². The molecule has 2 heterocycles. The Morgan fingerprint density at radius 2 is 2.21 bits per heavy atom. The molecule has 0 aromatic carbocycles. The standard InChI is InChI=1S/C15H19N3O/c1-16-10-12-4-2-6-15(17-12)18(13-7-8-13)11-14-5-3-9-19-14/h2-6,9,13,16H,7-8,10-11H2,1H3. The van der Waals surface area contributed by atoms with Crippen molar-refractivity contribution in [3.05, 3.63) is 48.0 Å². The van der Waals surface area contributed by atoms with E-state index >= 15 is 0 Å². The Labute approximate surface area is 113 Å². The van der Waals surface area contributed by atoms with Crippen LogP contribution in [0.25, 0.3) is 0 Å². The normalized spacial score (nSPS) is 14.6. The lowest BCUT2D eigenvalue weighted by atomic mass is 10.3. The molecule has 4 heteroatoms. The summed E-state index contributed by atoms with van der Waals surface area (Å²) in [5.41, 5.74) is 1.07. The van der Waals surface area contributed by atoms with Gasteiger partial charge in [-0.2, -0.15) is 0 Å². The summed E-state index contributed by atoms with van der Waals surface area (Å²) in [4.78, 5) is 7.07. The molecular weight excluding hydrogens is 238 g/mol. The molecule has 19 heavy (non-hydrogen) atoms. The van der Waals surface area contributed by atoms with Gasteiger partial charge in [-0.05, 0) is 44.2 Å². The van der Waals surface area contributed by atoms with Crippen LogP contribution in [0.1, 0.15) is 24.3 Å². The highest BCUT2D eigenvalue weighted by atomic mass is 16.3. The van der Waals surface area contributed by atoms with E-state index in [4.69, 9.17) is 9.40 Å². The molecule has 1 saturated carbocycles. The second-order valence-corrected chi connectivity index (χ2v) is 4.96.